The summed E-state index contributed by atoms with van der Waals surface area (Å²) in [4.78, 5) is 4.09. The lowest BCUT2D eigenvalue weighted by atomic mass is 10.3. The van der Waals surface area contributed by atoms with Crippen molar-refractivity contribution in [3.63, 3.8) is 0 Å². The third-order valence-corrected chi connectivity index (χ3v) is 2.95. The third kappa shape index (κ3) is 3.19. The molecule has 0 unspecified atom stereocenters. The van der Waals surface area contributed by atoms with E-state index in [1.807, 2.05) is 24.3 Å². The number of aliphatic hydroxyl groups is 1. The van der Waals surface area contributed by atoms with E-state index in [1.54, 1.807) is 12.1 Å². The quantitative estimate of drug-likeness (QED) is 0.937. The van der Waals surface area contributed by atoms with Gasteiger partial charge in [-0.2, -0.15) is 0 Å². The van der Waals surface area contributed by atoms with E-state index in [4.69, 9.17) is 21.4 Å². The average molecular weight is 315 g/mol. The second-order valence-electron chi connectivity index (χ2n) is 3.29. The van der Waals surface area contributed by atoms with Crippen LogP contribution in [0, 0.1) is 0 Å². The van der Waals surface area contributed by atoms with Crippen LogP contribution >= 0.6 is 27.5 Å². The Morgan fingerprint density at radius 3 is 2.53 bits per heavy atom. The Balaban J connectivity index is 2.21. The molecule has 2 rings (SSSR count). The molecule has 1 N–H and O–H groups in total. The summed E-state index contributed by atoms with van der Waals surface area (Å²) < 4.78 is 6.51. The van der Waals surface area contributed by atoms with Gasteiger partial charge in [0.15, 0.2) is 0 Å². The fraction of sp³-hybridized carbons (Fsp3) is 0.0833. The van der Waals surface area contributed by atoms with E-state index in [2.05, 4.69) is 20.9 Å². The van der Waals surface area contributed by atoms with Crippen LogP contribution in [0.3, 0.4) is 0 Å². The minimum atomic E-state index is -0.212. The maximum Gasteiger partial charge on any atom is 0.219 e. The van der Waals surface area contributed by atoms with Crippen LogP contribution < -0.4 is 4.74 Å². The number of rotatable bonds is 3. The van der Waals surface area contributed by atoms with Crippen molar-refractivity contribution in [1.29, 1.82) is 0 Å². The van der Waals surface area contributed by atoms with E-state index < -0.39 is 0 Å². The Labute approximate surface area is 112 Å². The number of pyridine rings is 1. The van der Waals surface area contributed by atoms with Gasteiger partial charge in [-0.05, 0) is 30.3 Å². The molecule has 17 heavy (non-hydrogen) atoms. The van der Waals surface area contributed by atoms with Crippen LogP contribution in [0.1, 0.15) is 5.69 Å². The van der Waals surface area contributed by atoms with E-state index in [0.717, 1.165) is 4.47 Å². The van der Waals surface area contributed by atoms with Gasteiger partial charge in [0, 0.05) is 10.5 Å². The highest BCUT2D eigenvalue weighted by Gasteiger charge is 2.04. The minimum absolute atomic E-state index is 0.212. The molecule has 1 aromatic heterocycles. The van der Waals surface area contributed by atoms with Gasteiger partial charge in [-0.3, -0.25) is 0 Å². The van der Waals surface area contributed by atoms with E-state index >= 15 is 0 Å². The number of nitrogens with zero attached hydrogens (tertiary/aromatic N) is 1. The van der Waals surface area contributed by atoms with Crippen LogP contribution in [0.5, 0.6) is 11.6 Å². The second-order valence-corrected chi connectivity index (χ2v) is 4.61. The molecule has 0 aliphatic carbocycles. The molecular weight excluding hydrogens is 305 g/mol. The zero-order valence-corrected chi connectivity index (χ0v) is 11.1. The SMILES string of the molecule is OCc1nc(Oc2ccc(Br)cc2)ccc1Cl. The lowest BCUT2D eigenvalue weighted by Gasteiger charge is -2.06. The smallest absolute Gasteiger partial charge is 0.219 e. The molecule has 0 saturated heterocycles. The first-order chi connectivity index (χ1) is 8.19. The number of benzene rings is 1. The summed E-state index contributed by atoms with van der Waals surface area (Å²) >= 11 is 9.18. The molecular formula is C12H9BrClNO2. The van der Waals surface area contributed by atoms with Crippen molar-refractivity contribution in [1.82, 2.24) is 4.98 Å². The maximum absolute atomic E-state index is 9.04. The summed E-state index contributed by atoms with van der Waals surface area (Å²) in [5.74, 6) is 1.08. The molecule has 5 heteroatoms. The van der Waals surface area contributed by atoms with Crippen LogP contribution in [0.15, 0.2) is 40.9 Å². The summed E-state index contributed by atoms with van der Waals surface area (Å²) in [5.41, 5.74) is 0.404. The van der Waals surface area contributed by atoms with Crippen LogP contribution in [-0.2, 0) is 6.61 Å². The molecule has 0 aliphatic rings. The zero-order chi connectivity index (χ0) is 12.3. The average Bonchev–Trinajstić information content (AvgIpc) is 2.34. The Hall–Kier alpha value is -1.10. The minimum Gasteiger partial charge on any atom is -0.439 e. The molecule has 0 amide bonds. The van der Waals surface area contributed by atoms with E-state index in [1.165, 1.54) is 0 Å². The van der Waals surface area contributed by atoms with Gasteiger partial charge >= 0.3 is 0 Å². The Kier molecular flexibility index (Phi) is 3.99. The first-order valence-electron chi connectivity index (χ1n) is 4.89. The van der Waals surface area contributed by atoms with Crippen molar-refractivity contribution in [2.75, 3.05) is 0 Å². The highest BCUT2D eigenvalue weighted by atomic mass is 79.9. The highest BCUT2D eigenvalue weighted by molar-refractivity contribution is 9.10. The summed E-state index contributed by atoms with van der Waals surface area (Å²) in [6.45, 7) is -0.212. The van der Waals surface area contributed by atoms with E-state index in [9.17, 15) is 0 Å². The van der Waals surface area contributed by atoms with Crippen LogP contribution in [-0.4, -0.2) is 10.1 Å². The maximum atomic E-state index is 9.04. The topological polar surface area (TPSA) is 42.4 Å². The second kappa shape index (κ2) is 5.49. The zero-order valence-electron chi connectivity index (χ0n) is 8.73. The lowest BCUT2D eigenvalue weighted by molar-refractivity contribution is 0.275. The van der Waals surface area contributed by atoms with E-state index in [0.29, 0.717) is 22.3 Å². The molecule has 0 fully saturated rings. The Morgan fingerprint density at radius 1 is 1.18 bits per heavy atom. The van der Waals surface area contributed by atoms with Crippen molar-refractivity contribution in [2.45, 2.75) is 6.61 Å². The molecule has 0 aliphatic heterocycles. The molecule has 2 aromatic rings. The van der Waals surface area contributed by atoms with Crippen molar-refractivity contribution < 1.29 is 9.84 Å². The lowest BCUT2D eigenvalue weighted by Crippen LogP contribution is -1.94. The van der Waals surface area contributed by atoms with Gasteiger partial charge in [0.25, 0.3) is 0 Å². The van der Waals surface area contributed by atoms with Gasteiger partial charge in [-0.25, -0.2) is 4.98 Å². The predicted molar refractivity (Wildman–Crippen MR) is 69.4 cm³/mol. The Bertz CT molecular complexity index is 516. The molecule has 3 nitrogen and oxygen atoms in total. The van der Waals surface area contributed by atoms with Gasteiger partial charge in [-0.1, -0.05) is 27.5 Å². The molecule has 1 heterocycles. The summed E-state index contributed by atoms with van der Waals surface area (Å²) in [6, 6.07) is 10.7. The number of aliphatic hydroxyl groups excluding tert-OH is 1. The number of hydrogen-bond donors (Lipinski definition) is 1. The third-order valence-electron chi connectivity index (χ3n) is 2.08. The van der Waals surface area contributed by atoms with Crippen LogP contribution in [0.2, 0.25) is 5.02 Å². The molecule has 0 bridgehead atoms. The number of halogens is 2. The van der Waals surface area contributed by atoms with Crippen LogP contribution in [0.25, 0.3) is 0 Å². The fourth-order valence-corrected chi connectivity index (χ4v) is 1.68. The first kappa shape index (κ1) is 12.4. The number of ether oxygens (including phenoxy) is 1. The number of aromatic nitrogens is 1. The fourth-order valence-electron chi connectivity index (χ4n) is 1.26. The standard InChI is InChI=1S/C12H9BrClNO2/c13-8-1-3-9(4-2-8)17-12-6-5-10(14)11(7-16)15-12/h1-6,16H,7H2. The van der Waals surface area contributed by atoms with Crippen molar-refractivity contribution in [2.24, 2.45) is 0 Å². The molecule has 0 atom stereocenters. The summed E-state index contributed by atoms with van der Waals surface area (Å²) in [7, 11) is 0. The molecule has 1 aromatic carbocycles. The number of hydrogen-bond acceptors (Lipinski definition) is 3. The van der Waals surface area contributed by atoms with Gasteiger partial charge in [0.1, 0.15) is 5.75 Å². The molecule has 0 spiro atoms. The monoisotopic (exact) mass is 313 g/mol. The molecule has 0 saturated carbocycles. The van der Waals surface area contributed by atoms with Gasteiger partial charge in [0.2, 0.25) is 5.88 Å². The van der Waals surface area contributed by atoms with Gasteiger partial charge in [-0.15, -0.1) is 0 Å². The van der Waals surface area contributed by atoms with Gasteiger partial charge in [0.05, 0.1) is 17.3 Å². The van der Waals surface area contributed by atoms with Gasteiger partial charge < -0.3 is 9.84 Å². The summed E-state index contributed by atoms with van der Waals surface area (Å²) in [5, 5.41) is 9.46. The van der Waals surface area contributed by atoms with Crippen LogP contribution in [0.4, 0.5) is 0 Å². The van der Waals surface area contributed by atoms with E-state index in [-0.39, 0.29) is 6.61 Å². The Morgan fingerprint density at radius 2 is 1.88 bits per heavy atom. The predicted octanol–water partition coefficient (Wildman–Crippen LogP) is 3.78. The largest absolute Gasteiger partial charge is 0.439 e. The molecule has 88 valence electrons. The first-order valence-corrected chi connectivity index (χ1v) is 6.06. The van der Waals surface area contributed by atoms with Crippen molar-refractivity contribution in [3.8, 4) is 11.6 Å². The summed E-state index contributed by atoms with van der Waals surface area (Å²) in [6.07, 6.45) is 0. The highest BCUT2D eigenvalue weighted by Crippen LogP contribution is 2.24. The van der Waals surface area contributed by atoms with Crippen molar-refractivity contribution in [3.05, 3.63) is 51.6 Å². The van der Waals surface area contributed by atoms with Crippen molar-refractivity contribution >= 4 is 27.5 Å². The molecule has 0 radical (unpaired) electrons. The normalized spacial score (nSPS) is 10.3.